The molecule has 3 heteroatoms. The molecular formula is C21H26O3. The highest BCUT2D eigenvalue weighted by Crippen LogP contribution is 2.38. The third kappa shape index (κ3) is 3.97. The number of carboxylic acid groups (broad SMARTS) is 1. The van der Waals surface area contributed by atoms with Gasteiger partial charge >= 0.3 is 5.97 Å². The van der Waals surface area contributed by atoms with Crippen LogP contribution in [0.1, 0.15) is 63.0 Å². The van der Waals surface area contributed by atoms with Gasteiger partial charge in [0.1, 0.15) is 17.1 Å². The van der Waals surface area contributed by atoms with E-state index in [-0.39, 0.29) is 16.4 Å². The van der Waals surface area contributed by atoms with Gasteiger partial charge in [-0.15, -0.1) is 0 Å². The summed E-state index contributed by atoms with van der Waals surface area (Å²) in [5.74, 6) is 0.0671. The molecule has 0 radical (unpaired) electrons. The van der Waals surface area contributed by atoms with Gasteiger partial charge in [-0.2, -0.15) is 0 Å². The number of carbonyl (C=O) groups is 1. The van der Waals surface area contributed by atoms with Crippen LogP contribution in [0, 0.1) is 0 Å². The Bertz CT molecular complexity index is 746. The van der Waals surface area contributed by atoms with Crippen LogP contribution in [0.4, 0.5) is 0 Å². The SMILES string of the molecule is CC(C)(C)c1ccc(Oc2ccccc2C(=O)O)c(C(C)(C)C)c1. The quantitative estimate of drug-likeness (QED) is 0.778. The van der Waals surface area contributed by atoms with Crippen molar-refractivity contribution in [1.82, 2.24) is 0 Å². The summed E-state index contributed by atoms with van der Waals surface area (Å²) in [6.45, 7) is 12.9. The molecule has 0 atom stereocenters. The van der Waals surface area contributed by atoms with E-state index in [1.54, 1.807) is 24.3 Å². The van der Waals surface area contributed by atoms with Gasteiger partial charge in [-0.1, -0.05) is 65.8 Å². The van der Waals surface area contributed by atoms with Crippen LogP contribution in [0.5, 0.6) is 11.5 Å². The molecule has 0 amide bonds. The number of hydrogen-bond acceptors (Lipinski definition) is 2. The van der Waals surface area contributed by atoms with E-state index in [1.807, 2.05) is 12.1 Å². The van der Waals surface area contributed by atoms with E-state index in [9.17, 15) is 9.90 Å². The van der Waals surface area contributed by atoms with Crippen LogP contribution in [0.2, 0.25) is 0 Å². The summed E-state index contributed by atoms with van der Waals surface area (Å²) < 4.78 is 6.02. The molecule has 128 valence electrons. The van der Waals surface area contributed by atoms with E-state index in [2.05, 4.69) is 47.6 Å². The summed E-state index contributed by atoms with van der Waals surface area (Å²) in [5, 5.41) is 9.34. The summed E-state index contributed by atoms with van der Waals surface area (Å²) in [6.07, 6.45) is 0. The Morgan fingerprint density at radius 2 is 1.50 bits per heavy atom. The molecule has 2 rings (SSSR count). The lowest BCUT2D eigenvalue weighted by molar-refractivity contribution is 0.0694. The Kier molecular flexibility index (Phi) is 4.75. The predicted molar refractivity (Wildman–Crippen MR) is 97.3 cm³/mol. The van der Waals surface area contributed by atoms with E-state index in [4.69, 9.17) is 4.74 Å². The number of ether oxygens (including phenoxy) is 1. The molecule has 0 saturated heterocycles. The largest absolute Gasteiger partial charge is 0.478 e. The second-order valence-corrected chi connectivity index (χ2v) is 8.11. The van der Waals surface area contributed by atoms with E-state index >= 15 is 0 Å². The molecule has 3 nitrogen and oxygen atoms in total. The van der Waals surface area contributed by atoms with E-state index in [0.717, 1.165) is 5.56 Å². The highest BCUT2D eigenvalue weighted by atomic mass is 16.5. The van der Waals surface area contributed by atoms with Crippen LogP contribution in [0.15, 0.2) is 42.5 Å². The van der Waals surface area contributed by atoms with E-state index in [1.165, 1.54) is 5.56 Å². The summed E-state index contributed by atoms with van der Waals surface area (Å²) >= 11 is 0. The van der Waals surface area contributed by atoms with Crippen molar-refractivity contribution in [3.8, 4) is 11.5 Å². The molecule has 0 aliphatic rings. The summed E-state index contributed by atoms with van der Waals surface area (Å²) in [5.41, 5.74) is 2.38. The molecule has 0 spiro atoms. The molecule has 1 N–H and O–H groups in total. The van der Waals surface area contributed by atoms with Crippen LogP contribution >= 0.6 is 0 Å². The first-order valence-electron chi connectivity index (χ1n) is 8.15. The minimum absolute atomic E-state index is 0.0392. The molecule has 24 heavy (non-hydrogen) atoms. The van der Waals surface area contributed by atoms with Crippen molar-refractivity contribution in [2.45, 2.75) is 52.4 Å². The van der Waals surface area contributed by atoms with Crippen LogP contribution in [-0.2, 0) is 10.8 Å². The van der Waals surface area contributed by atoms with Gasteiger partial charge in [0.15, 0.2) is 0 Å². The van der Waals surface area contributed by atoms with Crippen LogP contribution in [-0.4, -0.2) is 11.1 Å². The fourth-order valence-electron chi connectivity index (χ4n) is 2.52. The Morgan fingerprint density at radius 1 is 0.875 bits per heavy atom. The molecule has 2 aromatic rings. The molecule has 0 aromatic heterocycles. The van der Waals surface area contributed by atoms with Gasteiger partial charge in [0, 0.05) is 5.56 Å². The lowest BCUT2D eigenvalue weighted by atomic mass is 9.80. The van der Waals surface area contributed by atoms with Gasteiger partial charge in [0.05, 0.1) is 0 Å². The second kappa shape index (κ2) is 6.31. The topological polar surface area (TPSA) is 46.5 Å². The minimum Gasteiger partial charge on any atom is -0.478 e. The number of benzene rings is 2. The monoisotopic (exact) mass is 326 g/mol. The van der Waals surface area contributed by atoms with Crippen LogP contribution in [0.25, 0.3) is 0 Å². The Labute approximate surface area is 144 Å². The van der Waals surface area contributed by atoms with Gasteiger partial charge in [-0.3, -0.25) is 0 Å². The van der Waals surface area contributed by atoms with Crippen molar-refractivity contribution in [3.63, 3.8) is 0 Å². The van der Waals surface area contributed by atoms with Crippen molar-refractivity contribution in [2.75, 3.05) is 0 Å². The van der Waals surface area contributed by atoms with Crippen molar-refractivity contribution in [1.29, 1.82) is 0 Å². The zero-order chi connectivity index (χ0) is 18.1. The number of para-hydroxylation sites is 1. The molecule has 0 aliphatic carbocycles. The number of hydrogen-bond donors (Lipinski definition) is 1. The predicted octanol–water partition coefficient (Wildman–Crippen LogP) is 5.77. The van der Waals surface area contributed by atoms with Crippen molar-refractivity contribution in [3.05, 3.63) is 59.2 Å². The second-order valence-electron chi connectivity index (χ2n) is 8.11. The summed E-state index contributed by atoms with van der Waals surface area (Å²) in [4.78, 5) is 11.4. The third-order valence-electron chi connectivity index (χ3n) is 3.99. The van der Waals surface area contributed by atoms with Gasteiger partial charge in [0.2, 0.25) is 0 Å². The lowest BCUT2D eigenvalue weighted by Gasteiger charge is -2.27. The highest BCUT2D eigenvalue weighted by Gasteiger charge is 2.24. The summed E-state index contributed by atoms with van der Waals surface area (Å²) in [6, 6.07) is 12.9. The Balaban J connectivity index is 2.54. The zero-order valence-electron chi connectivity index (χ0n) is 15.3. The standard InChI is InChI=1S/C21H26O3/c1-20(2,3)14-11-12-18(16(13-14)21(4,5)6)24-17-10-8-7-9-15(17)19(22)23/h7-13H,1-6H3,(H,22,23). The Morgan fingerprint density at radius 3 is 2.04 bits per heavy atom. The van der Waals surface area contributed by atoms with E-state index in [0.29, 0.717) is 11.5 Å². The smallest absolute Gasteiger partial charge is 0.339 e. The fraction of sp³-hybridized carbons (Fsp3) is 0.381. The molecule has 0 heterocycles. The number of rotatable bonds is 3. The lowest BCUT2D eigenvalue weighted by Crippen LogP contribution is -2.17. The third-order valence-corrected chi connectivity index (χ3v) is 3.99. The van der Waals surface area contributed by atoms with Crippen molar-refractivity contribution in [2.24, 2.45) is 0 Å². The maximum Gasteiger partial charge on any atom is 0.339 e. The molecule has 0 unspecified atom stereocenters. The van der Waals surface area contributed by atoms with Gasteiger partial charge in [0.25, 0.3) is 0 Å². The molecule has 2 aromatic carbocycles. The molecule has 0 saturated carbocycles. The average Bonchev–Trinajstić information content (AvgIpc) is 2.45. The average molecular weight is 326 g/mol. The van der Waals surface area contributed by atoms with E-state index < -0.39 is 5.97 Å². The first-order valence-corrected chi connectivity index (χ1v) is 8.15. The van der Waals surface area contributed by atoms with Crippen molar-refractivity contribution >= 4 is 5.97 Å². The zero-order valence-corrected chi connectivity index (χ0v) is 15.3. The molecule has 0 fully saturated rings. The maximum atomic E-state index is 11.4. The summed E-state index contributed by atoms with van der Waals surface area (Å²) in [7, 11) is 0. The first-order chi connectivity index (χ1) is 11.0. The minimum atomic E-state index is -0.991. The molecular weight excluding hydrogens is 300 g/mol. The normalized spacial score (nSPS) is 12.1. The van der Waals surface area contributed by atoms with Crippen LogP contribution in [0.3, 0.4) is 0 Å². The molecule has 0 bridgehead atoms. The maximum absolute atomic E-state index is 11.4. The van der Waals surface area contributed by atoms with Gasteiger partial charge < -0.3 is 9.84 Å². The van der Waals surface area contributed by atoms with Crippen molar-refractivity contribution < 1.29 is 14.6 Å². The van der Waals surface area contributed by atoms with Crippen LogP contribution < -0.4 is 4.74 Å². The number of carboxylic acids is 1. The fourth-order valence-corrected chi connectivity index (χ4v) is 2.52. The Hall–Kier alpha value is -2.29. The van der Waals surface area contributed by atoms with Gasteiger partial charge in [-0.25, -0.2) is 4.79 Å². The first kappa shape index (κ1) is 18.1. The molecule has 0 aliphatic heterocycles. The highest BCUT2D eigenvalue weighted by molar-refractivity contribution is 5.90. The van der Waals surface area contributed by atoms with Gasteiger partial charge in [-0.05, 0) is 34.6 Å². The number of aromatic carboxylic acids is 1.